The Hall–Kier alpha value is -2.37. The summed E-state index contributed by atoms with van der Waals surface area (Å²) in [5.41, 5.74) is -0.190. The van der Waals surface area contributed by atoms with Gasteiger partial charge in [-0.05, 0) is 56.4 Å². The molecule has 0 bridgehead atoms. The van der Waals surface area contributed by atoms with Crippen LogP contribution in [0.1, 0.15) is 47.3 Å². The lowest BCUT2D eigenvalue weighted by atomic mass is 9.95. The number of amides is 1. The molecule has 1 saturated heterocycles. The van der Waals surface area contributed by atoms with E-state index >= 15 is 0 Å². The lowest BCUT2D eigenvalue weighted by Gasteiger charge is -2.36. The van der Waals surface area contributed by atoms with Crippen LogP contribution in [0.3, 0.4) is 0 Å². The number of aryl methyl sites for hydroxylation is 1. The molecule has 3 nitrogen and oxygen atoms in total. The minimum atomic E-state index is -4.54. The molecule has 1 aromatic carbocycles. The van der Waals surface area contributed by atoms with E-state index in [4.69, 9.17) is 0 Å². The van der Waals surface area contributed by atoms with Crippen LogP contribution in [-0.2, 0) is 12.6 Å². The van der Waals surface area contributed by atoms with E-state index in [9.17, 15) is 18.0 Å². The van der Waals surface area contributed by atoms with Gasteiger partial charge in [0.2, 0.25) is 0 Å². The zero-order chi connectivity index (χ0) is 18.6. The van der Waals surface area contributed by atoms with Crippen molar-refractivity contribution >= 4 is 5.91 Å². The van der Waals surface area contributed by atoms with Gasteiger partial charge in [0.05, 0.1) is 11.1 Å². The molecule has 6 heteroatoms. The number of carbonyl (C=O) groups excluding carboxylic acids is 1. The maximum absolute atomic E-state index is 13.3. The molecule has 1 aromatic heterocycles. The average molecular weight is 362 g/mol. The maximum atomic E-state index is 13.3. The lowest BCUT2D eigenvalue weighted by Crippen LogP contribution is -2.44. The highest BCUT2D eigenvalue weighted by molar-refractivity contribution is 5.96. The molecule has 1 fully saturated rings. The Bertz CT molecular complexity index is 746. The molecule has 138 valence electrons. The molecule has 3 rings (SSSR count). The summed E-state index contributed by atoms with van der Waals surface area (Å²) in [6.45, 7) is 0.498. The first kappa shape index (κ1) is 18.4. The Morgan fingerprint density at radius 1 is 1.12 bits per heavy atom. The molecule has 0 N–H and O–H groups in total. The first-order valence-electron chi connectivity index (χ1n) is 8.84. The molecule has 0 spiro atoms. The van der Waals surface area contributed by atoms with Crippen LogP contribution in [0.15, 0.2) is 48.7 Å². The summed E-state index contributed by atoms with van der Waals surface area (Å²) in [5.74, 6) is -0.524. The van der Waals surface area contributed by atoms with Crippen molar-refractivity contribution in [2.24, 2.45) is 0 Å². The number of halogens is 3. The fourth-order valence-corrected chi connectivity index (χ4v) is 3.50. The zero-order valence-electron chi connectivity index (χ0n) is 14.4. The maximum Gasteiger partial charge on any atom is 0.417 e. The van der Waals surface area contributed by atoms with Crippen molar-refractivity contribution in [3.8, 4) is 0 Å². The molecule has 2 heterocycles. The van der Waals surface area contributed by atoms with Crippen molar-refractivity contribution in [2.45, 2.75) is 44.3 Å². The zero-order valence-corrected chi connectivity index (χ0v) is 14.4. The van der Waals surface area contributed by atoms with Gasteiger partial charge in [0.1, 0.15) is 0 Å². The number of carbonyl (C=O) groups is 1. The monoisotopic (exact) mass is 362 g/mol. The number of hydrogen-bond acceptors (Lipinski definition) is 2. The summed E-state index contributed by atoms with van der Waals surface area (Å²) in [6.07, 6.45) is 1.21. The molecule has 0 saturated carbocycles. The number of hydrogen-bond donors (Lipinski definition) is 0. The van der Waals surface area contributed by atoms with E-state index in [-0.39, 0.29) is 11.6 Å². The third-order valence-corrected chi connectivity index (χ3v) is 4.81. The van der Waals surface area contributed by atoms with Crippen molar-refractivity contribution in [1.82, 2.24) is 9.88 Å². The van der Waals surface area contributed by atoms with Crippen LogP contribution in [-0.4, -0.2) is 28.4 Å². The largest absolute Gasteiger partial charge is 0.417 e. The van der Waals surface area contributed by atoms with E-state index in [1.165, 1.54) is 18.2 Å². The predicted octanol–water partition coefficient (Wildman–Crippen LogP) is 4.73. The molecule has 1 aliphatic heterocycles. The highest BCUT2D eigenvalue weighted by Gasteiger charge is 2.37. The van der Waals surface area contributed by atoms with Gasteiger partial charge in [0.15, 0.2) is 0 Å². The molecule has 0 unspecified atom stereocenters. The van der Waals surface area contributed by atoms with Gasteiger partial charge in [-0.15, -0.1) is 0 Å². The molecule has 1 atom stereocenters. The van der Waals surface area contributed by atoms with Gasteiger partial charge in [-0.1, -0.05) is 18.2 Å². The number of nitrogens with zero attached hydrogens (tertiary/aromatic N) is 2. The number of likely N-dealkylation sites (tertiary alicyclic amines) is 1. The minimum absolute atomic E-state index is 0.0560. The van der Waals surface area contributed by atoms with Gasteiger partial charge in [0, 0.05) is 24.5 Å². The van der Waals surface area contributed by atoms with Crippen LogP contribution in [0.5, 0.6) is 0 Å². The van der Waals surface area contributed by atoms with Gasteiger partial charge in [-0.2, -0.15) is 13.2 Å². The molecule has 1 amide bonds. The Morgan fingerprint density at radius 3 is 2.62 bits per heavy atom. The molecule has 1 aliphatic rings. The van der Waals surface area contributed by atoms with E-state index < -0.39 is 17.6 Å². The highest BCUT2D eigenvalue weighted by atomic mass is 19.4. The number of pyridine rings is 1. The van der Waals surface area contributed by atoms with Crippen molar-refractivity contribution in [3.63, 3.8) is 0 Å². The van der Waals surface area contributed by atoms with E-state index in [0.29, 0.717) is 19.4 Å². The van der Waals surface area contributed by atoms with Gasteiger partial charge in [-0.25, -0.2) is 0 Å². The Balaban J connectivity index is 1.78. The highest BCUT2D eigenvalue weighted by Crippen LogP contribution is 2.33. The van der Waals surface area contributed by atoms with Crippen LogP contribution in [0.25, 0.3) is 0 Å². The summed E-state index contributed by atoms with van der Waals surface area (Å²) in [7, 11) is 0. The second kappa shape index (κ2) is 7.89. The third kappa shape index (κ3) is 4.23. The average Bonchev–Trinajstić information content (AvgIpc) is 2.66. The number of aromatic nitrogens is 1. The Kier molecular flexibility index (Phi) is 5.59. The standard InChI is InChI=1S/C20H21F3N2O/c21-20(22,23)18-10-2-1-9-17(18)19(26)25-14-6-4-8-16(25)12-11-15-7-3-5-13-24-15/h1-3,5,7,9-10,13,16H,4,6,8,11-12,14H2/t16-/m1/s1. The van der Waals surface area contributed by atoms with Gasteiger partial charge in [-0.3, -0.25) is 9.78 Å². The van der Waals surface area contributed by atoms with Crippen molar-refractivity contribution in [2.75, 3.05) is 6.54 Å². The van der Waals surface area contributed by atoms with E-state index in [1.807, 2.05) is 18.2 Å². The molecular formula is C20H21F3N2O. The fourth-order valence-electron chi connectivity index (χ4n) is 3.50. The van der Waals surface area contributed by atoms with Gasteiger partial charge >= 0.3 is 6.18 Å². The normalized spacial score (nSPS) is 18.0. The third-order valence-electron chi connectivity index (χ3n) is 4.81. The lowest BCUT2D eigenvalue weighted by molar-refractivity contribution is -0.138. The molecule has 26 heavy (non-hydrogen) atoms. The molecule has 0 aliphatic carbocycles. The van der Waals surface area contributed by atoms with Crippen LogP contribution in [0.2, 0.25) is 0 Å². The number of benzene rings is 1. The smallest absolute Gasteiger partial charge is 0.336 e. The number of alkyl halides is 3. The molecule has 2 aromatic rings. The Labute approximate surface area is 150 Å². The molecule has 0 radical (unpaired) electrons. The topological polar surface area (TPSA) is 33.2 Å². The number of rotatable bonds is 4. The van der Waals surface area contributed by atoms with Crippen molar-refractivity contribution in [1.29, 1.82) is 0 Å². The van der Waals surface area contributed by atoms with Crippen molar-refractivity contribution in [3.05, 3.63) is 65.5 Å². The first-order valence-corrected chi connectivity index (χ1v) is 8.84. The summed E-state index contributed by atoms with van der Waals surface area (Å²) < 4.78 is 39.8. The first-order chi connectivity index (χ1) is 12.5. The Morgan fingerprint density at radius 2 is 1.88 bits per heavy atom. The second-order valence-corrected chi connectivity index (χ2v) is 6.55. The second-order valence-electron chi connectivity index (χ2n) is 6.55. The predicted molar refractivity (Wildman–Crippen MR) is 92.7 cm³/mol. The van der Waals surface area contributed by atoms with Crippen LogP contribution in [0, 0.1) is 0 Å². The minimum Gasteiger partial charge on any atom is -0.336 e. The fraction of sp³-hybridized carbons (Fsp3) is 0.400. The van der Waals surface area contributed by atoms with Gasteiger partial charge < -0.3 is 4.90 Å². The summed E-state index contributed by atoms with van der Waals surface area (Å²) in [5, 5.41) is 0. The van der Waals surface area contributed by atoms with Crippen molar-refractivity contribution < 1.29 is 18.0 Å². The summed E-state index contributed by atoms with van der Waals surface area (Å²) in [6, 6.07) is 10.7. The van der Waals surface area contributed by atoms with Crippen LogP contribution >= 0.6 is 0 Å². The van der Waals surface area contributed by atoms with E-state index in [0.717, 1.165) is 31.0 Å². The van der Waals surface area contributed by atoms with E-state index in [1.54, 1.807) is 11.1 Å². The van der Waals surface area contributed by atoms with Crippen LogP contribution in [0.4, 0.5) is 13.2 Å². The SMILES string of the molecule is O=C(c1ccccc1C(F)(F)F)N1CCCC[C@@H]1CCc1ccccn1. The summed E-state index contributed by atoms with van der Waals surface area (Å²) >= 11 is 0. The van der Waals surface area contributed by atoms with E-state index in [2.05, 4.69) is 4.98 Å². The quantitative estimate of drug-likeness (QED) is 0.788. The van der Waals surface area contributed by atoms with Crippen LogP contribution < -0.4 is 0 Å². The molecular weight excluding hydrogens is 341 g/mol. The number of piperidine rings is 1. The van der Waals surface area contributed by atoms with Gasteiger partial charge in [0.25, 0.3) is 5.91 Å². The summed E-state index contributed by atoms with van der Waals surface area (Å²) in [4.78, 5) is 18.8.